The monoisotopic (exact) mass is 726 g/mol. The quantitative estimate of drug-likeness (QED) is 0.171. The van der Waals surface area contributed by atoms with Gasteiger partial charge in [-0.1, -0.05) is 164 Å². The van der Waals surface area contributed by atoms with Gasteiger partial charge < -0.3 is 4.90 Å². The molecule has 0 fully saturated rings. The zero-order chi connectivity index (χ0) is 37.7. The fourth-order valence-corrected chi connectivity index (χ4v) is 8.26. The minimum Gasteiger partial charge on any atom is -0.309 e. The summed E-state index contributed by atoms with van der Waals surface area (Å²) in [5.41, 5.74) is 13.3. The predicted molar refractivity (Wildman–Crippen MR) is 236 cm³/mol. The van der Waals surface area contributed by atoms with Gasteiger partial charge in [0.2, 0.25) is 0 Å². The van der Waals surface area contributed by atoms with Crippen molar-refractivity contribution in [2.45, 2.75) is 0 Å². The number of benzene rings is 9. The van der Waals surface area contributed by atoms with Crippen molar-refractivity contribution < 1.29 is 0 Å². The third-order valence-electron chi connectivity index (χ3n) is 11.0. The molecule has 4 heteroatoms. The predicted octanol–water partition coefficient (Wildman–Crippen LogP) is 14.0. The number of para-hydroxylation sites is 1. The third kappa shape index (κ3) is 5.74. The highest BCUT2D eigenvalue weighted by Gasteiger charge is 2.28. The van der Waals surface area contributed by atoms with Gasteiger partial charge in [-0.3, -0.25) is 0 Å². The molecule has 11 rings (SSSR count). The Morgan fingerprint density at radius 2 is 0.842 bits per heavy atom. The maximum Gasteiger partial charge on any atom is 0.164 e. The fraction of sp³-hybridized carbons (Fsp3) is 0. The van der Waals surface area contributed by atoms with Crippen molar-refractivity contribution >= 4 is 38.6 Å². The zero-order valence-electron chi connectivity index (χ0n) is 30.9. The van der Waals surface area contributed by atoms with Crippen LogP contribution in [-0.2, 0) is 0 Å². The SMILES string of the molecule is c1ccc(-c2ccc3c(c2)-c2cccc4c(-c5nc(-c6ccccc6)nc(-c6ccc(-c7ccc8ccccc8c7)cc6)n5)ccc(c24)N3c2ccccc2)cc1. The van der Waals surface area contributed by atoms with E-state index in [4.69, 9.17) is 15.0 Å². The lowest BCUT2D eigenvalue weighted by Crippen LogP contribution is -2.15. The van der Waals surface area contributed by atoms with E-state index in [1.54, 1.807) is 0 Å². The average Bonchev–Trinajstić information content (AvgIpc) is 3.29. The normalized spacial score (nSPS) is 11.8. The molecule has 0 amide bonds. The van der Waals surface area contributed by atoms with Gasteiger partial charge in [0.05, 0.1) is 11.4 Å². The first-order valence-corrected chi connectivity index (χ1v) is 19.3. The lowest BCUT2D eigenvalue weighted by molar-refractivity contribution is 1.08. The van der Waals surface area contributed by atoms with Crippen molar-refractivity contribution in [3.05, 3.63) is 206 Å². The van der Waals surface area contributed by atoms with E-state index in [9.17, 15) is 0 Å². The van der Waals surface area contributed by atoms with E-state index in [0.29, 0.717) is 17.5 Å². The van der Waals surface area contributed by atoms with Crippen LogP contribution in [0.3, 0.4) is 0 Å². The van der Waals surface area contributed by atoms with Gasteiger partial charge in [0.25, 0.3) is 0 Å². The molecule has 0 saturated carbocycles. The van der Waals surface area contributed by atoms with Crippen LogP contribution in [0.4, 0.5) is 17.1 Å². The average molecular weight is 727 g/mol. The van der Waals surface area contributed by atoms with Crippen molar-refractivity contribution in [3.8, 4) is 67.5 Å². The molecule has 266 valence electrons. The Hall–Kier alpha value is -7.69. The standard InChI is InChI=1S/C53H34N4/c1-4-13-35(14-5-1)42-29-31-48-47(34-42)45-22-12-21-44-46(30-32-49(50(44)45)57(48)43-19-8-3-9-20-43)53-55-51(38-16-6-2-7-17-38)54-52(56-53)39-26-23-37(24-27-39)41-28-25-36-15-10-11-18-40(36)33-41/h1-34H. The molecule has 0 bridgehead atoms. The zero-order valence-corrected chi connectivity index (χ0v) is 30.9. The molecule has 0 saturated heterocycles. The summed E-state index contributed by atoms with van der Waals surface area (Å²) in [4.78, 5) is 17.9. The van der Waals surface area contributed by atoms with Gasteiger partial charge in [0.1, 0.15) is 0 Å². The maximum absolute atomic E-state index is 5.24. The van der Waals surface area contributed by atoms with E-state index in [-0.39, 0.29) is 0 Å². The second kappa shape index (κ2) is 13.6. The Bertz CT molecular complexity index is 3110. The van der Waals surface area contributed by atoms with Crippen LogP contribution in [0.15, 0.2) is 206 Å². The van der Waals surface area contributed by atoms with Gasteiger partial charge in [0, 0.05) is 33.3 Å². The van der Waals surface area contributed by atoms with Crippen molar-refractivity contribution in [2.75, 3.05) is 4.90 Å². The first-order valence-electron chi connectivity index (χ1n) is 19.3. The molecule has 0 radical (unpaired) electrons. The smallest absolute Gasteiger partial charge is 0.164 e. The van der Waals surface area contributed by atoms with E-state index >= 15 is 0 Å². The number of hydrogen-bond donors (Lipinski definition) is 0. The van der Waals surface area contributed by atoms with Gasteiger partial charge in [-0.15, -0.1) is 0 Å². The number of rotatable bonds is 6. The Balaban J connectivity index is 1.09. The summed E-state index contributed by atoms with van der Waals surface area (Å²) in [6.07, 6.45) is 0. The molecule has 4 nitrogen and oxygen atoms in total. The summed E-state index contributed by atoms with van der Waals surface area (Å²) in [7, 11) is 0. The maximum atomic E-state index is 5.24. The highest BCUT2D eigenvalue weighted by molar-refractivity contribution is 6.17. The largest absolute Gasteiger partial charge is 0.309 e. The lowest BCUT2D eigenvalue weighted by atomic mass is 9.87. The summed E-state index contributed by atoms with van der Waals surface area (Å²) in [6.45, 7) is 0. The number of hydrogen-bond acceptors (Lipinski definition) is 4. The number of fused-ring (bicyclic) bond motifs is 3. The molecule has 0 N–H and O–H groups in total. The lowest BCUT2D eigenvalue weighted by Gasteiger charge is -2.34. The van der Waals surface area contributed by atoms with E-state index in [1.165, 1.54) is 44.0 Å². The molecule has 1 aromatic heterocycles. The highest BCUT2D eigenvalue weighted by atomic mass is 15.2. The van der Waals surface area contributed by atoms with Gasteiger partial charge in [-0.25, -0.2) is 15.0 Å². The van der Waals surface area contributed by atoms with Crippen molar-refractivity contribution in [1.29, 1.82) is 0 Å². The molecule has 0 aliphatic carbocycles. The minimum atomic E-state index is 0.633. The highest BCUT2D eigenvalue weighted by Crippen LogP contribution is 2.53. The third-order valence-corrected chi connectivity index (χ3v) is 11.0. The topological polar surface area (TPSA) is 41.9 Å². The van der Waals surface area contributed by atoms with Crippen molar-refractivity contribution in [1.82, 2.24) is 15.0 Å². The molecule has 9 aromatic carbocycles. The second-order valence-electron chi connectivity index (χ2n) is 14.4. The van der Waals surface area contributed by atoms with Crippen LogP contribution in [0.2, 0.25) is 0 Å². The molecule has 0 spiro atoms. The Morgan fingerprint density at radius 3 is 1.60 bits per heavy atom. The summed E-state index contributed by atoms with van der Waals surface area (Å²) in [6, 6.07) is 72.9. The summed E-state index contributed by atoms with van der Waals surface area (Å²) in [5, 5.41) is 4.71. The molecule has 10 aromatic rings. The van der Waals surface area contributed by atoms with Gasteiger partial charge in [0.15, 0.2) is 17.5 Å². The van der Waals surface area contributed by atoms with Crippen LogP contribution in [0.5, 0.6) is 0 Å². The summed E-state index contributed by atoms with van der Waals surface area (Å²) in [5.74, 6) is 1.91. The van der Waals surface area contributed by atoms with Gasteiger partial charge >= 0.3 is 0 Å². The minimum absolute atomic E-state index is 0.633. The Morgan fingerprint density at radius 1 is 0.298 bits per heavy atom. The first kappa shape index (κ1) is 32.7. The van der Waals surface area contributed by atoms with E-state index in [2.05, 4.69) is 193 Å². The number of nitrogens with zero attached hydrogens (tertiary/aromatic N) is 4. The van der Waals surface area contributed by atoms with Crippen LogP contribution in [0, 0.1) is 0 Å². The van der Waals surface area contributed by atoms with Crippen LogP contribution >= 0.6 is 0 Å². The first-order chi connectivity index (χ1) is 28.2. The summed E-state index contributed by atoms with van der Waals surface area (Å²) >= 11 is 0. The molecule has 1 aliphatic heterocycles. The van der Waals surface area contributed by atoms with Crippen LogP contribution in [-0.4, -0.2) is 15.0 Å². The number of anilines is 3. The Labute approximate surface area is 331 Å². The molecule has 1 aliphatic rings. The summed E-state index contributed by atoms with van der Waals surface area (Å²) < 4.78 is 0. The van der Waals surface area contributed by atoms with Crippen LogP contribution in [0.1, 0.15) is 0 Å². The molecular formula is C53H34N4. The molecule has 0 unspecified atom stereocenters. The molecule has 57 heavy (non-hydrogen) atoms. The fourth-order valence-electron chi connectivity index (χ4n) is 8.26. The van der Waals surface area contributed by atoms with E-state index < -0.39 is 0 Å². The Kier molecular flexibility index (Phi) is 7.78. The van der Waals surface area contributed by atoms with Crippen LogP contribution < -0.4 is 4.90 Å². The van der Waals surface area contributed by atoms with Crippen molar-refractivity contribution in [3.63, 3.8) is 0 Å². The second-order valence-corrected chi connectivity index (χ2v) is 14.4. The van der Waals surface area contributed by atoms with Crippen LogP contribution in [0.25, 0.3) is 89.1 Å². The molecule has 0 atom stereocenters. The van der Waals surface area contributed by atoms with Gasteiger partial charge in [-0.2, -0.15) is 0 Å². The number of aromatic nitrogens is 3. The molecular weight excluding hydrogens is 693 g/mol. The van der Waals surface area contributed by atoms with E-state index in [1.807, 2.05) is 18.2 Å². The molecule has 2 heterocycles. The van der Waals surface area contributed by atoms with Crippen molar-refractivity contribution in [2.24, 2.45) is 0 Å². The van der Waals surface area contributed by atoms with Gasteiger partial charge in [-0.05, 0) is 86.4 Å². The van der Waals surface area contributed by atoms with E-state index in [0.717, 1.165) is 44.7 Å².